The minimum atomic E-state index is 0.523. The van der Waals surface area contributed by atoms with E-state index in [1.54, 1.807) is 0 Å². The molecule has 0 aliphatic carbocycles. The van der Waals surface area contributed by atoms with Crippen molar-refractivity contribution in [3.63, 3.8) is 0 Å². The fourth-order valence-corrected chi connectivity index (χ4v) is 3.05. The summed E-state index contributed by atoms with van der Waals surface area (Å²) < 4.78 is 0. The Morgan fingerprint density at radius 2 is 1.95 bits per heavy atom. The summed E-state index contributed by atoms with van der Waals surface area (Å²) in [5.41, 5.74) is 5.17. The van der Waals surface area contributed by atoms with Crippen LogP contribution in [0.15, 0.2) is 42.5 Å². The first-order chi connectivity index (χ1) is 10.2. The molecule has 1 aliphatic rings. The second kappa shape index (κ2) is 6.37. The minimum Gasteiger partial charge on any atom is -0.308 e. The fraction of sp³-hybridized carbons (Fsp3) is 0.389. The number of nitrogens with one attached hydrogen (secondary N) is 1. The molecule has 1 N–H and O–H groups in total. The van der Waals surface area contributed by atoms with Crippen molar-refractivity contribution in [1.82, 2.24) is 15.2 Å². The van der Waals surface area contributed by atoms with E-state index in [0.717, 1.165) is 37.4 Å². The molecule has 0 saturated heterocycles. The van der Waals surface area contributed by atoms with Crippen LogP contribution in [0.4, 0.5) is 0 Å². The number of pyridine rings is 1. The van der Waals surface area contributed by atoms with E-state index in [1.807, 2.05) is 13.0 Å². The number of hydrogen-bond donors (Lipinski definition) is 1. The first kappa shape index (κ1) is 14.2. The van der Waals surface area contributed by atoms with Crippen molar-refractivity contribution in [3.05, 3.63) is 65.0 Å². The van der Waals surface area contributed by atoms with Crippen molar-refractivity contribution in [2.24, 2.45) is 0 Å². The Morgan fingerprint density at radius 3 is 2.76 bits per heavy atom. The minimum absolute atomic E-state index is 0.523. The zero-order chi connectivity index (χ0) is 14.7. The molecule has 0 radical (unpaired) electrons. The van der Waals surface area contributed by atoms with Gasteiger partial charge in [-0.05, 0) is 43.7 Å². The molecular formula is C18H23N3. The van der Waals surface area contributed by atoms with Crippen molar-refractivity contribution in [2.75, 3.05) is 13.6 Å². The average Bonchev–Trinajstić information content (AvgIpc) is 2.47. The first-order valence-electron chi connectivity index (χ1n) is 7.62. The van der Waals surface area contributed by atoms with Crippen LogP contribution in [0.5, 0.6) is 0 Å². The molecule has 2 heterocycles. The molecule has 110 valence electrons. The molecule has 0 bridgehead atoms. The van der Waals surface area contributed by atoms with Crippen LogP contribution >= 0.6 is 0 Å². The lowest BCUT2D eigenvalue weighted by molar-refractivity contribution is 0.271. The average molecular weight is 281 g/mol. The number of aryl methyl sites for hydroxylation is 1. The SMILES string of the molecule is Cc1cccc(CN(C)CC2Cc3ccccc3CN2)n1. The molecule has 3 nitrogen and oxygen atoms in total. The quantitative estimate of drug-likeness (QED) is 0.933. The van der Waals surface area contributed by atoms with Crippen LogP contribution in [0, 0.1) is 6.92 Å². The molecule has 1 aromatic carbocycles. The van der Waals surface area contributed by atoms with Crippen LogP contribution in [0.25, 0.3) is 0 Å². The topological polar surface area (TPSA) is 28.2 Å². The number of rotatable bonds is 4. The predicted molar refractivity (Wildman–Crippen MR) is 86.1 cm³/mol. The Labute approximate surface area is 127 Å². The summed E-state index contributed by atoms with van der Waals surface area (Å²) in [4.78, 5) is 6.93. The van der Waals surface area contributed by atoms with Gasteiger partial charge in [0.1, 0.15) is 0 Å². The summed E-state index contributed by atoms with van der Waals surface area (Å²) in [7, 11) is 2.17. The summed E-state index contributed by atoms with van der Waals surface area (Å²) in [5, 5.41) is 3.64. The van der Waals surface area contributed by atoms with Gasteiger partial charge in [0.2, 0.25) is 0 Å². The van der Waals surface area contributed by atoms with Gasteiger partial charge < -0.3 is 5.32 Å². The molecule has 1 aliphatic heterocycles. The summed E-state index contributed by atoms with van der Waals surface area (Å²) >= 11 is 0. The van der Waals surface area contributed by atoms with Crippen molar-refractivity contribution in [3.8, 4) is 0 Å². The van der Waals surface area contributed by atoms with Gasteiger partial charge in [-0.25, -0.2) is 0 Å². The van der Waals surface area contributed by atoms with Crippen molar-refractivity contribution < 1.29 is 0 Å². The van der Waals surface area contributed by atoms with Crippen molar-refractivity contribution in [1.29, 1.82) is 0 Å². The van der Waals surface area contributed by atoms with Gasteiger partial charge in [0.15, 0.2) is 0 Å². The summed E-state index contributed by atoms with van der Waals surface area (Å²) in [6.07, 6.45) is 1.11. The number of likely N-dealkylation sites (N-methyl/N-ethyl adjacent to an activating group) is 1. The largest absolute Gasteiger partial charge is 0.308 e. The molecule has 2 aromatic rings. The molecule has 1 aromatic heterocycles. The second-order valence-corrected chi connectivity index (χ2v) is 6.02. The zero-order valence-corrected chi connectivity index (χ0v) is 12.8. The highest BCUT2D eigenvalue weighted by Crippen LogP contribution is 2.16. The summed E-state index contributed by atoms with van der Waals surface area (Å²) in [5.74, 6) is 0. The Kier molecular flexibility index (Phi) is 4.32. The number of benzene rings is 1. The standard InChI is InChI=1S/C18H23N3/c1-14-6-5-9-17(20-14)12-21(2)13-18-10-15-7-3-4-8-16(15)11-19-18/h3-9,18-19H,10-13H2,1-2H3. The van der Waals surface area contributed by atoms with Gasteiger partial charge in [-0.1, -0.05) is 30.3 Å². The third kappa shape index (κ3) is 3.69. The van der Waals surface area contributed by atoms with Crippen LogP contribution in [-0.4, -0.2) is 29.5 Å². The summed E-state index contributed by atoms with van der Waals surface area (Å²) in [6.45, 7) is 4.98. The van der Waals surface area contributed by atoms with Crippen LogP contribution in [0.3, 0.4) is 0 Å². The first-order valence-corrected chi connectivity index (χ1v) is 7.62. The number of fused-ring (bicyclic) bond motifs is 1. The molecule has 1 unspecified atom stereocenters. The third-order valence-electron chi connectivity index (χ3n) is 4.08. The highest BCUT2D eigenvalue weighted by molar-refractivity contribution is 5.30. The van der Waals surface area contributed by atoms with Gasteiger partial charge in [0.25, 0.3) is 0 Å². The Bertz CT molecular complexity index is 609. The van der Waals surface area contributed by atoms with E-state index in [9.17, 15) is 0 Å². The van der Waals surface area contributed by atoms with E-state index in [1.165, 1.54) is 11.1 Å². The van der Waals surface area contributed by atoms with Gasteiger partial charge in [0.05, 0.1) is 5.69 Å². The van der Waals surface area contributed by atoms with Gasteiger partial charge in [-0.3, -0.25) is 9.88 Å². The van der Waals surface area contributed by atoms with Gasteiger partial charge in [-0.15, -0.1) is 0 Å². The summed E-state index contributed by atoms with van der Waals surface area (Å²) in [6, 6.07) is 15.5. The van der Waals surface area contributed by atoms with E-state index in [2.05, 4.69) is 58.6 Å². The lowest BCUT2D eigenvalue weighted by atomic mass is 9.96. The third-order valence-corrected chi connectivity index (χ3v) is 4.08. The van der Waals surface area contributed by atoms with Crippen LogP contribution < -0.4 is 5.32 Å². The van der Waals surface area contributed by atoms with E-state index >= 15 is 0 Å². The maximum atomic E-state index is 4.58. The molecule has 21 heavy (non-hydrogen) atoms. The lowest BCUT2D eigenvalue weighted by Crippen LogP contribution is -2.43. The molecule has 0 amide bonds. The highest BCUT2D eigenvalue weighted by Gasteiger charge is 2.18. The zero-order valence-electron chi connectivity index (χ0n) is 12.8. The molecule has 0 fully saturated rings. The van der Waals surface area contributed by atoms with Crippen LogP contribution in [0.2, 0.25) is 0 Å². The van der Waals surface area contributed by atoms with E-state index in [4.69, 9.17) is 0 Å². The van der Waals surface area contributed by atoms with Gasteiger partial charge in [-0.2, -0.15) is 0 Å². The number of hydrogen-bond acceptors (Lipinski definition) is 3. The molecule has 0 spiro atoms. The molecule has 1 atom stereocenters. The molecule has 3 rings (SSSR count). The van der Waals surface area contributed by atoms with Crippen LogP contribution in [-0.2, 0) is 19.5 Å². The maximum Gasteiger partial charge on any atom is 0.0547 e. The Balaban J connectivity index is 1.57. The van der Waals surface area contributed by atoms with Gasteiger partial charge in [0, 0.05) is 31.4 Å². The second-order valence-electron chi connectivity index (χ2n) is 6.02. The molecule has 3 heteroatoms. The fourth-order valence-electron chi connectivity index (χ4n) is 3.05. The molecular weight excluding hydrogens is 258 g/mol. The number of nitrogens with zero attached hydrogens (tertiary/aromatic N) is 2. The monoisotopic (exact) mass is 281 g/mol. The molecule has 0 saturated carbocycles. The van der Waals surface area contributed by atoms with Crippen LogP contribution in [0.1, 0.15) is 22.5 Å². The Morgan fingerprint density at radius 1 is 1.14 bits per heavy atom. The smallest absolute Gasteiger partial charge is 0.0547 e. The Hall–Kier alpha value is -1.71. The number of aromatic nitrogens is 1. The van der Waals surface area contributed by atoms with E-state index < -0.39 is 0 Å². The van der Waals surface area contributed by atoms with Crippen molar-refractivity contribution in [2.45, 2.75) is 32.5 Å². The lowest BCUT2D eigenvalue weighted by Gasteiger charge is -2.29. The normalized spacial score (nSPS) is 17.8. The predicted octanol–water partition coefficient (Wildman–Crippen LogP) is 2.54. The van der Waals surface area contributed by atoms with E-state index in [0.29, 0.717) is 6.04 Å². The van der Waals surface area contributed by atoms with E-state index in [-0.39, 0.29) is 0 Å². The van der Waals surface area contributed by atoms with Crippen molar-refractivity contribution >= 4 is 0 Å². The highest BCUT2D eigenvalue weighted by atomic mass is 15.1. The maximum absolute atomic E-state index is 4.58. The van der Waals surface area contributed by atoms with Gasteiger partial charge >= 0.3 is 0 Å².